The molecule has 0 aliphatic carbocycles. The number of aromatic nitrogens is 1. The summed E-state index contributed by atoms with van der Waals surface area (Å²) in [6.45, 7) is 1.75. The molecule has 4 heteroatoms. The Labute approximate surface area is 99.7 Å². The molecule has 0 atom stereocenters. The van der Waals surface area contributed by atoms with Gasteiger partial charge in [-0.15, -0.1) is 0 Å². The third kappa shape index (κ3) is 2.53. The Balaban J connectivity index is 2.28. The highest BCUT2D eigenvalue weighted by Gasteiger charge is 2.03. The monoisotopic (exact) mass is 231 g/mol. The zero-order valence-electron chi connectivity index (χ0n) is 9.79. The minimum atomic E-state index is -0.210. The lowest BCUT2D eigenvalue weighted by Gasteiger charge is -2.10. The molecule has 0 amide bonds. The van der Waals surface area contributed by atoms with Gasteiger partial charge in [-0.25, -0.2) is 9.37 Å². The molecule has 0 aliphatic rings. The summed E-state index contributed by atoms with van der Waals surface area (Å²) in [5.41, 5.74) is 2.24. The van der Waals surface area contributed by atoms with Crippen LogP contribution in [-0.4, -0.2) is 12.0 Å². The smallest absolute Gasteiger partial charge is 0.128 e. The van der Waals surface area contributed by atoms with Crippen molar-refractivity contribution in [3.05, 3.63) is 47.9 Å². The number of rotatable bonds is 3. The molecule has 3 nitrogen and oxygen atoms in total. The third-order valence-electron chi connectivity index (χ3n) is 2.56. The molecule has 2 aromatic rings. The molecule has 1 aromatic carbocycles. The highest BCUT2D eigenvalue weighted by Crippen LogP contribution is 2.23. The van der Waals surface area contributed by atoms with E-state index in [4.69, 9.17) is 0 Å². The largest absolute Gasteiger partial charge is 0.373 e. The van der Waals surface area contributed by atoms with Gasteiger partial charge in [-0.2, -0.15) is 0 Å². The number of hydrogen-bond donors (Lipinski definition) is 2. The quantitative estimate of drug-likeness (QED) is 0.850. The summed E-state index contributed by atoms with van der Waals surface area (Å²) >= 11 is 0. The second-order valence-electron chi connectivity index (χ2n) is 3.72. The number of hydrogen-bond acceptors (Lipinski definition) is 3. The van der Waals surface area contributed by atoms with Crippen LogP contribution in [0.2, 0.25) is 0 Å². The Morgan fingerprint density at radius 3 is 2.82 bits per heavy atom. The molecule has 2 N–H and O–H groups in total. The Hall–Kier alpha value is -2.10. The van der Waals surface area contributed by atoms with Crippen LogP contribution in [0.4, 0.5) is 21.6 Å². The lowest BCUT2D eigenvalue weighted by Crippen LogP contribution is -1.97. The molecule has 0 bridgehead atoms. The van der Waals surface area contributed by atoms with Gasteiger partial charge in [0.1, 0.15) is 11.6 Å². The predicted octanol–water partition coefficient (Wildman–Crippen LogP) is 3.31. The van der Waals surface area contributed by atoms with Crippen molar-refractivity contribution < 1.29 is 4.39 Å². The molecule has 17 heavy (non-hydrogen) atoms. The van der Waals surface area contributed by atoms with Gasteiger partial charge >= 0.3 is 0 Å². The molecule has 1 heterocycles. The van der Waals surface area contributed by atoms with E-state index in [1.54, 1.807) is 26.2 Å². The van der Waals surface area contributed by atoms with Gasteiger partial charge in [0.25, 0.3) is 0 Å². The maximum absolute atomic E-state index is 13.4. The van der Waals surface area contributed by atoms with Gasteiger partial charge < -0.3 is 10.6 Å². The van der Waals surface area contributed by atoms with Gasteiger partial charge in [-0.05, 0) is 25.1 Å². The van der Waals surface area contributed by atoms with Crippen molar-refractivity contribution in [3.8, 4) is 0 Å². The molecule has 88 valence electrons. The number of halogens is 1. The number of benzene rings is 1. The first-order valence-electron chi connectivity index (χ1n) is 5.36. The molecule has 1 aromatic heterocycles. The molecule has 0 aliphatic heterocycles. The zero-order valence-corrected chi connectivity index (χ0v) is 9.79. The lowest BCUT2D eigenvalue weighted by molar-refractivity contribution is 0.619. The predicted molar refractivity (Wildman–Crippen MR) is 68.2 cm³/mol. The normalized spacial score (nSPS) is 10.1. The number of nitrogens with zero attached hydrogens (tertiary/aromatic N) is 1. The van der Waals surface area contributed by atoms with E-state index in [1.807, 2.05) is 18.2 Å². The summed E-state index contributed by atoms with van der Waals surface area (Å²) < 4.78 is 13.4. The number of anilines is 3. The molecule has 0 fully saturated rings. The molecular weight excluding hydrogens is 217 g/mol. The summed E-state index contributed by atoms with van der Waals surface area (Å²) in [5, 5.41) is 6.12. The fraction of sp³-hybridized carbons (Fsp3) is 0.154. The average Bonchev–Trinajstić information content (AvgIpc) is 2.35. The van der Waals surface area contributed by atoms with E-state index >= 15 is 0 Å². The van der Waals surface area contributed by atoms with Crippen LogP contribution in [-0.2, 0) is 0 Å². The van der Waals surface area contributed by atoms with E-state index in [0.29, 0.717) is 5.56 Å². The van der Waals surface area contributed by atoms with Crippen LogP contribution >= 0.6 is 0 Å². The Kier molecular flexibility index (Phi) is 3.23. The standard InChI is InChI=1S/C13H14FN3/c1-9-11(14)4-3-5-12(9)17-10-6-7-16-13(8-10)15-2/h3-8H,1-2H3,(H2,15,16,17). The summed E-state index contributed by atoms with van der Waals surface area (Å²) in [6.07, 6.45) is 1.70. The maximum atomic E-state index is 13.4. The van der Waals surface area contributed by atoms with Crippen molar-refractivity contribution >= 4 is 17.2 Å². The van der Waals surface area contributed by atoms with Crippen molar-refractivity contribution in [1.82, 2.24) is 4.98 Å². The highest BCUT2D eigenvalue weighted by atomic mass is 19.1. The van der Waals surface area contributed by atoms with Crippen LogP contribution in [0.15, 0.2) is 36.5 Å². The van der Waals surface area contributed by atoms with Crippen molar-refractivity contribution in [1.29, 1.82) is 0 Å². The van der Waals surface area contributed by atoms with Crippen molar-refractivity contribution in [2.24, 2.45) is 0 Å². The van der Waals surface area contributed by atoms with Crippen molar-refractivity contribution in [3.63, 3.8) is 0 Å². The van der Waals surface area contributed by atoms with Crippen LogP contribution in [0.5, 0.6) is 0 Å². The van der Waals surface area contributed by atoms with E-state index in [2.05, 4.69) is 15.6 Å². The minimum absolute atomic E-state index is 0.210. The second-order valence-corrected chi connectivity index (χ2v) is 3.72. The van der Waals surface area contributed by atoms with Gasteiger partial charge in [0, 0.05) is 36.2 Å². The van der Waals surface area contributed by atoms with E-state index < -0.39 is 0 Å². The summed E-state index contributed by atoms with van der Waals surface area (Å²) in [7, 11) is 1.81. The molecule has 0 saturated carbocycles. The Bertz CT molecular complexity index is 526. The molecule has 2 rings (SSSR count). The van der Waals surface area contributed by atoms with E-state index in [1.165, 1.54) is 6.07 Å². The van der Waals surface area contributed by atoms with Crippen molar-refractivity contribution in [2.75, 3.05) is 17.7 Å². The average molecular weight is 231 g/mol. The first-order valence-corrected chi connectivity index (χ1v) is 5.36. The minimum Gasteiger partial charge on any atom is -0.373 e. The summed E-state index contributed by atoms with van der Waals surface area (Å²) in [4.78, 5) is 4.11. The van der Waals surface area contributed by atoms with E-state index in [9.17, 15) is 4.39 Å². The van der Waals surface area contributed by atoms with Crippen LogP contribution in [0.3, 0.4) is 0 Å². The maximum Gasteiger partial charge on any atom is 0.128 e. The topological polar surface area (TPSA) is 37.0 Å². The van der Waals surface area contributed by atoms with Gasteiger partial charge in [-0.3, -0.25) is 0 Å². The molecule has 0 radical (unpaired) electrons. The van der Waals surface area contributed by atoms with Crippen LogP contribution in [0, 0.1) is 12.7 Å². The van der Waals surface area contributed by atoms with Crippen LogP contribution in [0.1, 0.15) is 5.56 Å². The van der Waals surface area contributed by atoms with Gasteiger partial charge in [0.15, 0.2) is 0 Å². The molecular formula is C13H14FN3. The second kappa shape index (κ2) is 4.82. The zero-order chi connectivity index (χ0) is 12.3. The fourth-order valence-corrected chi connectivity index (χ4v) is 1.54. The summed E-state index contributed by atoms with van der Waals surface area (Å²) in [6, 6.07) is 8.68. The summed E-state index contributed by atoms with van der Waals surface area (Å²) in [5.74, 6) is 0.557. The van der Waals surface area contributed by atoms with Crippen molar-refractivity contribution in [2.45, 2.75) is 6.92 Å². The Morgan fingerprint density at radius 2 is 2.06 bits per heavy atom. The molecule has 0 saturated heterocycles. The van der Waals surface area contributed by atoms with Gasteiger partial charge in [0.05, 0.1) is 0 Å². The molecule has 0 unspecified atom stereocenters. The number of pyridine rings is 1. The first-order chi connectivity index (χ1) is 8.20. The third-order valence-corrected chi connectivity index (χ3v) is 2.56. The van der Waals surface area contributed by atoms with Gasteiger partial charge in [0.2, 0.25) is 0 Å². The number of nitrogens with one attached hydrogen (secondary N) is 2. The molecule has 0 spiro atoms. The van der Waals surface area contributed by atoms with E-state index in [0.717, 1.165) is 17.2 Å². The first kappa shape index (κ1) is 11.4. The lowest BCUT2D eigenvalue weighted by atomic mass is 10.2. The SMILES string of the molecule is CNc1cc(Nc2cccc(F)c2C)ccn1. The van der Waals surface area contributed by atoms with Crippen LogP contribution < -0.4 is 10.6 Å². The Morgan fingerprint density at radius 1 is 1.24 bits per heavy atom. The fourth-order valence-electron chi connectivity index (χ4n) is 1.54. The van der Waals surface area contributed by atoms with E-state index in [-0.39, 0.29) is 5.82 Å². The van der Waals surface area contributed by atoms with Gasteiger partial charge in [-0.1, -0.05) is 6.07 Å². The van der Waals surface area contributed by atoms with Crippen LogP contribution in [0.25, 0.3) is 0 Å². The highest BCUT2D eigenvalue weighted by molar-refractivity contribution is 5.65.